The first-order chi connectivity index (χ1) is 13.9. The maximum atomic E-state index is 12.1. The van der Waals surface area contributed by atoms with Gasteiger partial charge in [0.2, 0.25) is 0 Å². The molecule has 0 bridgehead atoms. The Morgan fingerprint density at radius 2 is 1.72 bits per heavy atom. The molecule has 0 aliphatic carbocycles. The average molecular weight is 418 g/mol. The summed E-state index contributed by atoms with van der Waals surface area (Å²) < 4.78 is 11.0. The molecule has 0 saturated carbocycles. The third-order valence-corrected chi connectivity index (χ3v) is 4.21. The Morgan fingerprint density at radius 1 is 1.07 bits per heavy atom. The van der Waals surface area contributed by atoms with Crippen LogP contribution in [0.1, 0.15) is 30.5 Å². The Hall–Kier alpha value is -3.06. The lowest BCUT2D eigenvalue weighted by Gasteiger charge is -2.13. The van der Waals surface area contributed by atoms with Gasteiger partial charge in [0.1, 0.15) is 0 Å². The minimum Gasteiger partial charge on any atom is -0.490 e. The van der Waals surface area contributed by atoms with Crippen LogP contribution in [0.15, 0.2) is 35.4 Å². The summed E-state index contributed by atoms with van der Waals surface area (Å²) in [5.41, 5.74) is 5.12. The normalized spacial score (nSPS) is 10.7. The van der Waals surface area contributed by atoms with E-state index in [1.807, 2.05) is 45.9 Å². The third-order valence-electron chi connectivity index (χ3n) is 3.93. The maximum Gasteiger partial charge on any atom is 0.329 e. The first-order valence-electron chi connectivity index (χ1n) is 9.17. The molecular weight excluding hydrogens is 394 g/mol. The zero-order valence-electron chi connectivity index (χ0n) is 16.8. The second kappa shape index (κ2) is 10.5. The zero-order chi connectivity index (χ0) is 21.4. The molecule has 0 heterocycles. The number of hydrazone groups is 1. The van der Waals surface area contributed by atoms with E-state index in [2.05, 4.69) is 15.8 Å². The Kier molecular flexibility index (Phi) is 8.03. The highest BCUT2D eigenvalue weighted by atomic mass is 35.5. The van der Waals surface area contributed by atoms with Crippen LogP contribution in [0.3, 0.4) is 0 Å². The number of ether oxygens (including phenoxy) is 2. The monoisotopic (exact) mass is 417 g/mol. The predicted octanol–water partition coefficient (Wildman–Crippen LogP) is 3.84. The molecule has 0 spiro atoms. The number of nitrogens with zero attached hydrogens (tertiary/aromatic N) is 1. The summed E-state index contributed by atoms with van der Waals surface area (Å²) in [6.45, 7) is 8.28. The van der Waals surface area contributed by atoms with Crippen LogP contribution in [0.25, 0.3) is 0 Å². The Morgan fingerprint density at radius 3 is 2.34 bits per heavy atom. The second-order valence-electron chi connectivity index (χ2n) is 6.12. The fourth-order valence-electron chi connectivity index (χ4n) is 2.61. The van der Waals surface area contributed by atoms with Crippen LogP contribution in [0.5, 0.6) is 11.5 Å². The van der Waals surface area contributed by atoms with Gasteiger partial charge >= 0.3 is 11.8 Å². The van der Waals surface area contributed by atoms with Crippen molar-refractivity contribution in [1.29, 1.82) is 0 Å². The summed E-state index contributed by atoms with van der Waals surface area (Å²) in [5.74, 6) is -0.766. The van der Waals surface area contributed by atoms with Crippen LogP contribution in [0.4, 0.5) is 5.69 Å². The predicted molar refractivity (Wildman–Crippen MR) is 114 cm³/mol. The smallest absolute Gasteiger partial charge is 0.329 e. The van der Waals surface area contributed by atoms with Crippen molar-refractivity contribution in [3.8, 4) is 11.5 Å². The van der Waals surface area contributed by atoms with Crippen LogP contribution in [-0.4, -0.2) is 31.2 Å². The molecule has 0 atom stereocenters. The number of nitrogens with one attached hydrogen (secondary N) is 2. The summed E-state index contributed by atoms with van der Waals surface area (Å²) >= 11 is 6.24. The third kappa shape index (κ3) is 5.96. The summed E-state index contributed by atoms with van der Waals surface area (Å²) in [6.07, 6.45) is 1.37. The molecule has 2 rings (SSSR count). The molecule has 2 aromatic rings. The number of amides is 2. The topological polar surface area (TPSA) is 89.0 Å². The number of carbonyl (C=O) groups is 2. The largest absolute Gasteiger partial charge is 0.490 e. The molecule has 0 aliphatic rings. The lowest BCUT2D eigenvalue weighted by Crippen LogP contribution is -2.32. The van der Waals surface area contributed by atoms with E-state index in [9.17, 15) is 9.59 Å². The Bertz CT molecular complexity index is 908. The van der Waals surface area contributed by atoms with Crippen LogP contribution in [0.2, 0.25) is 5.02 Å². The molecular formula is C21H24ClN3O4. The van der Waals surface area contributed by atoms with Crippen molar-refractivity contribution in [3.05, 3.63) is 52.0 Å². The van der Waals surface area contributed by atoms with Crippen molar-refractivity contribution >= 4 is 35.3 Å². The number of anilines is 1. The number of carbonyl (C=O) groups excluding carboxylic acids is 2. The standard InChI is InChI=1S/C21H24ClN3O4/c1-5-28-17-11-15(10-16(22)19(17)29-6-2)12-23-25-21(27)20(26)24-18-13(3)8-7-9-14(18)4/h7-12H,5-6H2,1-4H3,(H,24,26)(H,25,27)/b23-12-. The minimum absolute atomic E-state index is 0.360. The molecule has 0 unspecified atom stereocenters. The molecule has 2 N–H and O–H groups in total. The Labute approximate surface area is 175 Å². The quantitative estimate of drug-likeness (QED) is 0.407. The molecule has 0 saturated heterocycles. The number of rotatable bonds is 7. The molecule has 29 heavy (non-hydrogen) atoms. The lowest BCUT2D eigenvalue weighted by atomic mass is 10.1. The van der Waals surface area contributed by atoms with Gasteiger partial charge < -0.3 is 14.8 Å². The molecule has 0 aromatic heterocycles. The van der Waals surface area contributed by atoms with E-state index in [1.165, 1.54) is 6.21 Å². The SMILES string of the molecule is CCOc1cc(/C=N\NC(=O)C(=O)Nc2c(C)cccc2C)cc(Cl)c1OCC. The number of halogens is 1. The number of hydrogen-bond donors (Lipinski definition) is 2. The molecule has 154 valence electrons. The van der Waals surface area contributed by atoms with Crippen molar-refractivity contribution in [1.82, 2.24) is 5.43 Å². The van der Waals surface area contributed by atoms with Gasteiger partial charge in [-0.3, -0.25) is 9.59 Å². The first kappa shape index (κ1) is 22.2. The van der Waals surface area contributed by atoms with E-state index in [0.29, 0.717) is 41.0 Å². The molecule has 7 nitrogen and oxygen atoms in total. The number of hydrogen-bond acceptors (Lipinski definition) is 5. The van der Waals surface area contributed by atoms with Gasteiger partial charge in [-0.1, -0.05) is 29.8 Å². The van der Waals surface area contributed by atoms with Crippen molar-refractivity contribution in [3.63, 3.8) is 0 Å². The Balaban J connectivity index is 2.06. The molecule has 0 fully saturated rings. The average Bonchev–Trinajstić information content (AvgIpc) is 2.67. The van der Waals surface area contributed by atoms with Gasteiger partial charge in [-0.2, -0.15) is 5.10 Å². The summed E-state index contributed by atoms with van der Waals surface area (Å²) in [7, 11) is 0. The lowest BCUT2D eigenvalue weighted by molar-refractivity contribution is -0.136. The maximum absolute atomic E-state index is 12.1. The number of para-hydroxylation sites is 1. The van der Waals surface area contributed by atoms with Crippen LogP contribution in [0, 0.1) is 13.8 Å². The van der Waals surface area contributed by atoms with Crippen molar-refractivity contribution in [2.75, 3.05) is 18.5 Å². The van der Waals surface area contributed by atoms with Crippen molar-refractivity contribution < 1.29 is 19.1 Å². The van der Waals surface area contributed by atoms with Crippen molar-refractivity contribution in [2.24, 2.45) is 5.10 Å². The highest BCUT2D eigenvalue weighted by Gasteiger charge is 2.15. The fourth-order valence-corrected chi connectivity index (χ4v) is 2.88. The highest BCUT2D eigenvalue weighted by Crippen LogP contribution is 2.36. The van der Waals surface area contributed by atoms with Crippen molar-refractivity contribution in [2.45, 2.75) is 27.7 Å². The van der Waals surface area contributed by atoms with E-state index in [4.69, 9.17) is 21.1 Å². The van der Waals surface area contributed by atoms with Gasteiger partial charge in [0, 0.05) is 5.69 Å². The van der Waals surface area contributed by atoms with Gasteiger partial charge in [0.25, 0.3) is 0 Å². The molecule has 0 aliphatic heterocycles. The van der Waals surface area contributed by atoms with E-state index in [-0.39, 0.29) is 0 Å². The van der Waals surface area contributed by atoms with Gasteiger partial charge in [-0.05, 0) is 56.5 Å². The summed E-state index contributed by atoms with van der Waals surface area (Å²) in [5, 5.41) is 6.79. The summed E-state index contributed by atoms with van der Waals surface area (Å²) in [4.78, 5) is 24.1. The van der Waals surface area contributed by atoms with Gasteiger partial charge in [-0.15, -0.1) is 0 Å². The van der Waals surface area contributed by atoms with E-state index < -0.39 is 11.8 Å². The zero-order valence-corrected chi connectivity index (χ0v) is 17.6. The van der Waals surface area contributed by atoms with Gasteiger partial charge in [0.05, 0.1) is 24.5 Å². The van der Waals surface area contributed by atoms with Gasteiger partial charge in [-0.25, -0.2) is 5.43 Å². The molecule has 0 radical (unpaired) electrons. The van der Waals surface area contributed by atoms with E-state index >= 15 is 0 Å². The first-order valence-corrected chi connectivity index (χ1v) is 9.54. The minimum atomic E-state index is -0.883. The molecule has 2 amide bonds. The van der Waals surface area contributed by atoms with E-state index in [0.717, 1.165) is 11.1 Å². The highest BCUT2D eigenvalue weighted by molar-refractivity contribution is 6.39. The summed E-state index contributed by atoms with van der Waals surface area (Å²) in [6, 6.07) is 8.89. The molecule has 8 heteroatoms. The number of benzene rings is 2. The van der Waals surface area contributed by atoms with E-state index in [1.54, 1.807) is 12.1 Å². The van der Waals surface area contributed by atoms with Crippen LogP contribution >= 0.6 is 11.6 Å². The second-order valence-corrected chi connectivity index (χ2v) is 6.52. The fraction of sp³-hybridized carbons (Fsp3) is 0.286. The van der Waals surface area contributed by atoms with Crippen LogP contribution < -0.4 is 20.2 Å². The van der Waals surface area contributed by atoms with Gasteiger partial charge in [0.15, 0.2) is 11.5 Å². The number of aryl methyl sites for hydroxylation is 2. The molecule has 2 aromatic carbocycles. The van der Waals surface area contributed by atoms with Crippen LogP contribution in [-0.2, 0) is 9.59 Å².